The molecule has 0 saturated heterocycles. The number of carbonyl (C=O) groups is 1. The van der Waals surface area contributed by atoms with Crippen molar-refractivity contribution >= 4 is 26.9 Å². The van der Waals surface area contributed by atoms with Gasteiger partial charge in [0.05, 0.1) is 13.7 Å². The minimum Gasteiger partial charge on any atom is -0.495 e. The van der Waals surface area contributed by atoms with E-state index in [1.807, 2.05) is 6.92 Å². The second kappa shape index (κ2) is 5.69. The van der Waals surface area contributed by atoms with Crippen LogP contribution in [0.5, 0.6) is 5.75 Å². The SMILES string of the molecule is COc1cc(C)c(C)cc1S(=O)(=O)NCC(=O)Cl. The van der Waals surface area contributed by atoms with Crippen molar-refractivity contribution in [3.05, 3.63) is 23.3 Å². The third kappa shape index (κ3) is 3.44. The van der Waals surface area contributed by atoms with Gasteiger partial charge in [-0.05, 0) is 48.7 Å². The molecule has 0 aliphatic carbocycles. The van der Waals surface area contributed by atoms with Crippen molar-refractivity contribution in [2.75, 3.05) is 13.7 Å². The van der Waals surface area contributed by atoms with Crippen LogP contribution in [0.3, 0.4) is 0 Å². The number of aryl methyl sites for hydroxylation is 2. The first-order valence-electron chi connectivity index (χ1n) is 5.11. The molecule has 0 amide bonds. The molecule has 0 spiro atoms. The second-order valence-corrected chi connectivity index (χ2v) is 5.92. The van der Waals surface area contributed by atoms with E-state index in [4.69, 9.17) is 16.3 Å². The van der Waals surface area contributed by atoms with Gasteiger partial charge in [-0.1, -0.05) is 0 Å². The molecule has 0 atom stereocenters. The van der Waals surface area contributed by atoms with Crippen molar-refractivity contribution in [2.45, 2.75) is 18.7 Å². The minimum absolute atomic E-state index is 0.00832. The number of halogens is 1. The van der Waals surface area contributed by atoms with E-state index in [0.29, 0.717) is 0 Å². The smallest absolute Gasteiger partial charge is 0.244 e. The highest BCUT2D eigenvalue weighted by atomic mass is 35.5. The standard InChI is InChI=1S/C11H14ClNO4S/c1-7-4-9(17-3)10(5-8(7)2)18(15,16)13-6-11(12)14/h4-5,13H,6H2,1-3H3. The summed E-state index contributed by atoms with van der Waals surface area (Å²) >= 11 is 5.10. The molecule has 0 aliphatic heterocycles. The van der Waals surface area contributed by atoms with Gasteiger partial charge in [-0.15, -0.1) is 0 Å². The fourth-order valence-corrected chi connectivity index (χ4v) is 2.72. The Bertz CT molecular complexity index is 569. The zero-order valence-corrected chi connectivity index (χ0v) is 11.9. The Balaban J connectivity index is 3.23. The minimum atomic E-state index is -3.82. The Kier molecular flexibility index (Phi) is 4.72. The van der Waals surface area contributed by atoms with Gasteiger partial charge in [0.1, 0.15) is 10.6 Å². The van der Waals surface area contributed by atoms with Crippen LogP contribution in [0, 0.1) is 13.8 Å². The fourth-order valence-electron chi connectivity index (χ4n) is 1.36. The topological polar surface area (TPSA) is 72.5 Å². The molecule has 0 aromatic heterocycles. The van der Waals surface area contributed by atoms with Crippen molar-refractivity contribution in [1.82, 2.24) is 4.72 Å². The molecule has 0 aliphatic rings. The van der Waals surface area contributed by atoms with E-state index in [0.717, 1.165) is 11.1 Å². The van der Waals surface area contributed by atoms with Crippen LogP contribution in [0.25, 0.3) is 0 Å². The van der Waals surface area contributed by atoms with Crippen LogP contribution in [-0.4, -0.2) is 27.3 Å². The van der Waals surface area contributed by atoms with E-state index >= 15 is 0 Å². The lowest BCUT2D eigenvalue weighted by atomic mass is 10.1. The van der Waals surface area contributed by atoms with E-state index < -0.39 is 21.8 Å². The number of sulfonamides is 1. The van der Waals surface area contributed by atoms with Gasteiger partial charge in [-0.3, -0.25) is 4.79 Å². The molecule has 0 saturated carbocycles. The average molecular weight is 292 g/mol. The normalized spacial score (nSPS) is 11.3. The molecule has 1 aromatic rings. The van der Waals surface area contributed by atoms with Gasteiger partial charge in [0.15, 0.2) is 0 Å². The lowest BCUT2D eigenvalue weighted by molar-refractivity contribution is -0.110. The summed E-state index contributed by atoms with van der Waals surface area (Å²) in [6.07, 6.45) is 0. The van der Waals surface area contributed by atoms with Crippen molar-refractivity contribution in [1.29, 1.82) is 0 Å². The quantitative estimate of drug-likeness (QED) is 0.831. The maximum atomic E-state index is 12.0. The van der Waals surface area contributed by atoms with Crippen molar-refractivity contribution < 1.29 is 17.9 Å². The van der Waals surface area contributed by atoms with Crippen molar-refractivity contribution in [2.24, 2.45) is 0 Å². The van der Waals surface area contributed by atoms with Crippen LogP contribution in [-0.2, 0) is 14.8 Å². The van der Waals surface area contributed by atoms with Crippen LogP contribution < -0.4 is 9.46 Å². The number of ether oxygens (including phenoxy) is 1. The molecule has 18 heavy (non-hydrogen) atoms. The highest BCUT2D eigenvalue weighted by molar-refractivity contribution is 7.89. The predicted molar refractivity (Wildman–Crippen MR) is 68.5 cm³/mol. The third-order valence-corrected chi connectivity index (χ3v) is 4.03. The zero-order valence-electron chi connectivity index (χ0n) is 10.3. The van der Waals surface area contributed by atoms with Crippen LogP contribution in [0.4, 0.5) is 0 Å². The summed E-state index contributed by atoms with van der Waals surface area (Å²) in [6, 6.07) is 3.13. The molecule has 1 N–H and O–H groups in total. The van der Waals surface area contributed by atoms with Gasteiger partial charge in [0, 0.05) is 0 Å². The lowest BCUT2D eigenvalue weighted by Crippen LogP contribution is -2.28. The Morgan fingerprint density at radius 2 is 1.89 bits per heavy atom. The largest absolute Gasteiger partial charge is 0.495 e. The first kappa shape index (κ1) is 14.9. The summed E-state index contributed by atoms with van der Waals surface area (Å²) < 4.78 is 31.1. The van der Waals surface area contributed by atoms with Gasteiger partial charge in [-0.2, -0.15) is 0 Å². The van der Waals surface area contributed by atoms with Gasteiger partial charge >= 0.3 is 0 Å². The summed E-state index contributed by atoms with van der Waals surface area (Å²) in [5.74, 6) is 0.229. The summed E-state index contributed by atoms with van der Waals surface area (Å²) in [4.78, 5) is 10.6. The van der Waals surface area contributed by atoms with Gasteiger partial charge in [-0.25, -0.2) is 13.1 Å². The highest BCUT2D eigenvalue weighted by Crippen LogP contribution is 2.27. The van der Waals surface area contributed by atoms with E-state index in [1.54, 1.807) is 13.0 Å². The van der Waals surface area contributed by atoms with Crippen LogP contribution in [0.2, 0.25) is 0 Å². The molecular weight excluding hydrogens is 278 g/mol. The predicted octanol–water partition coefficient (Wildman–Crippen LogP) is 1.36. The molecule has 0 radical (unpaired) electrons. The van der Waals surface area contributed by atoms with E-state index in [-0.39, 0.29) is 10.6 Å². The summed E-state index contributed by atoms with van der Waals surface area (Å²) in [6.45, 7) is 3.18. The molecule has 0 fully saturated rings. The first-order valence-corrected chi connectivity index (χ1v) is 6.97. The van der Waals surface area contributed by atoms with Crippen LogP contribution >= 0.6 is 11.6 Å². The van der Waals surface area contributed by atoms with Gasteiger partial charge < -0.3 is 4.74 Å². The number of nitrogens with one attached hydrogen (secondary N) is 1. The van der Waals surface area contributed by atoms with E-state index in [2.05, 4.69) is 4.72 Å². The number of benzene rings is 1. The van der Waals surface area contributed by atoms with Crippen molar-refractivity contribution in [3.8, 4) is 5.75 Å². The number of carbonyl (C=O) groups excluding carboxylic acids is 1. The number of hydrogen-bond donors (Lipinski definition) is 1. The van der Waals surface area contributed by atoms with Crippen molar-refractivity contribution in [3.63, 3.8) is 0 Å². The molecule has 1 aromatic carbocycles. The van der Waals surface area contributed by atoms with Gasteiger partial charge in [0.2, 0.25) is 15.3 Å². The van der Waals surface area contributed by atoms with E-state index in [9.17, 15) is 13.2 Å². The molecule has 100 valence electrons. The number of rotatable bonds is 5. The molecule has 1 rings (SSSR count). The molecular formula is C11H14ClNO4S. The Hall–Kier alpha value is -1.11. The second-order valence-electron chi connectivity index (χ2n) is 3.77. The highest BCUT2D eigenvalue weighted by Gasteiger charge is 2.20. The fraction of sp³-hybridized carbons (Fsp3) is 0.364. The van der Waals surface area contributed by atoms with Gasteiger partial charge in [0.25, 0.3) is 0 Å². The Morgan fingerprint density at radius 1 is 1.33 bits per heavy atom. The maximum Gasteiger partial charge on any atom is 0.244 e. The summed E-state index contributed by atoms with van der Waals surface area (Å²) in [5, 5.41) is -0.777. The van der Waals surface area contributed by atoms with Crippen LogP contribution in [0.15, 0.2) is 17.0 Å². The molecule has 0 heterocycles. The summed E-state index contributed by atoms with van der Waals surface area (Å²) in [7, 11) is -2.43. The molecule has 0 bridgehead atoms. The number of hydrogen-bond acceptors (Lipinski definition) is 4. The molecule has 5 nitrogen and oxygen atoms in total. The zero-order chi connectivity index (χ0) is 13.9. The third-order valence-electron chi connectivity index (χ3n) is 2.47. The Labute approximate surface area is 111 Å². The molecule has 7 heteroatoms. The Morgan fingerprint density at radius 3 is 2.39 bits per heavy atom. The lowest BCUT2D eigenvalue weighted by Gasteiger charge is -2.12. The van der Waals surface area contributed by atoms with Crippen LogP contribution in [0.1, 0.15) is 11.1 Å². The maximum absolute atomic E-state index is 12.0. The average Bonchev–Trinajstić information content (AvgIpc) is 2.29. The molecule has 0 unspecified atom stereocenters. The summed E-state index contributed by atoms with van der Waals surface area (Å²) in [5.41, 5.74) is 1.73. The number of methoxy groups -OCH3 is 1. The monoisotopic (exact) mass is 291 g/mol. The first-order chi connectivity index (χ1) is 8.27. The van der Waals surface area contributed by atoms with E-state index in [1.165, 1.54) is 13.2 Å².